The van der Waals surface area contributed by atoms with E-state index in [2.05, 4.69) is 18.0 Å². The molecule has 1 saturated heterocycles. The molecule has 1 amide bonds. The van der Waals surface area contributed by atoms with Gasteiger partial charge in [-0.2, -0.15) is 0 Å². The standard InChI is InChI=1S/C15H16N2O/c1-10-8-11(2)16-14-5-4-12(9-13(10)14)15(18)17-6-3-7-17/h4-5,8-9H,3,6-7H2,1-2H3. The molecule has 3 rings (SSSR count). The van der Waals surface area contributed by atoms with Gasteiger partial charge in [0, 0.05) is 29.7 Å². The maximum absolute atomic E-state index is 12.2. The van der Waals surface area contributed by atoms with Gasteiger partial charge in [-0.05, 0) is 50.1 Å². The lowest BCUT2D eigenvalue weighted by Crippen LogP contribution is -2.41. The van der Waals surface area contributed by atoms with E-state index in [1.807, 2.05) is 30.0 Å². The third-order valence-corrected chi connectivity index (χ3v) is 3.53. The van der Waals surface area contributed by atoms with E-state index >= 15 is 0 Å². The average molecular weight is 240 g/mol. The first kappa shape index (κ1) is 11.2. The quantitative estimate of drug-likeness (QED) is 0.767. The van der Waals surface area contributed by atoms with Gasteiger partial charge in [-0.15, -0.1) is 0 Å². The first-order valence-electron chi connectivity index (χ1n) is 6.32. The van der Waals surface area contributed by atoms with Crippen molar-refractivity contribution in [3.63, 3.8) is 0 Å². The molecule has 0 atom stereocenters. The van der Waals surface area contributed by atoms with Gasteiger partial charge in [0.2, 0.25) is 0 Å². The van der Waals surface area contributed by atoms with Gasteiger partial charge >= 0.3 is 0 Å². The van der Waals surface area contributed by atoms with Crippen molar-refractivity contribution in [1.82, 2.24) is 9.88 Å². The van der Waals surface area contributed by atoms with Gasteiger partial charge < -0.3 is 4.90 Å². The second kappa shape index (κ2) is 4.09. The Kier molecular flexibility index (Phi) is 2.54. The number of carbonyl (C=O) groups excluding carboxylic acids is 1. The van der Waals surface area contributed by atoms with Gasteiger partial charge in [-0.25, -0.2) is 0 Å². The van der Waals surface area contributed by atoms with Crippen LogP contribution in [0.15, 0.2) is 24.3 Å². The van der Waals surface area contributed by atoms with E-state index in [0.717, 1.165) is 41.7 Å². The van der Waals surface area contributed by atoms with Gasteiger partial charge in [0.1, 0.15) is 0 Å². The zero-order chi connectivity index (χ0) is 12.7. The third kappa shape index (κ3) is 1.76. The Balaban J connectivity index is 2.07. The molecule has 1 aromatic heterocycles. The second-order valence-corrected chi connectivity index (χ2v) is 4.96. The van der Waals surface area contributed by atoms with Crippen LogP contribution >= 0.6 is 0 Å². The van der Waals surface area contributed by atoms with E-state index in [1.165, 1.54) is 5.56 Å². The van der Waals surface area contributed by atoms with Crippen LogP contribution < -0.4 is 0 Å². The minimum Gasteiger partial charge on any atom is -0.339 e. The summed E-state index contributed by atoms with van der Waals surface area (Å²) in [5, 5.41) is 1.08. The van der Waals surface area contributed by atoms with Crippen molar-refractivity contribution in [2.75, 3.05) is 13.1 Å². The minimum absolute atomic E-state index is 0.142. The van der Waals surface area contributed by atoms with Crippen LogP contribution in [0.25, 0.3) is 10.9 Å². The van der Waals surface area contributed by atoms with Gasteiger partial charge in [0.25, 0.3) is 5.91 Å². The zero-order valence-corrected chi connectivity index (χ0v) is 10.7. The van der Waals surface area contributed by atoms with Gasteiger partial charge in [-0.1, -0.05) is 0 Å². The van der Waals surface area contributed by atoms with Crippen LogP contribution in [0.2, 0.25) is 0 Å². The highest BCUT2D eigenvalue weighted by Gasteiger charge is 2.21. The molecule has 0 unspecified atom stereocenters. The van der Waals surface area contributed by atoms with E-state index in [4.69, 9.17) is 0 Å². The second-order valence-electron chi connectivity index (χ2n) is 4.96. The Bertz CT molecular complexity index is 630. The molecule has 18 heavy (non-hydrogen) atoms. The summed E-state index contributed by atoms with van der Waals surface area (Å²) >= 11 is 0. The number of nitrogens with zero attached hydrogens (tertiary/aromatic N) is 2. The molecule has 0 aliphatic carbocycles. The molecule has 1 fully saturated rings. The lowest BCUT2D eigenvalue weighted by molar-refractivity contribution is 0.0652. The Morgan fingerprint density at radius 2 is 2.00 bits per heavy atom. The Morgan fingerprint density at radius 1 is 1.22 bits per heavy atom. The van der Waals surface area contributed by atoms with Crippen LogP contribution in [0.1, 0.15) is 28.0 Å². The first-order valence-corrected chi connectivity index (χ1v) is 6.32. The number of likely N-dealkylation sites (tertiary alicyclic amines) is 1. The summed E-state index contributed by atoms with van der Waals surface area (Å²) in [5.41, 5.74) is 3.93. The molecule has 3 heteroatoms. The van der Waals surface area contributed by atoms with E-state index < -0.39 is 0 Å². The summed E-state index contributed by atoms with van der Waals surface area (Å²) in [6.45, 7) is 5.84. The highest BCUT2D eigenvalue weighted by molar-refractivity contribution is 5.98. The van der Waals surface area contributed by atoms with Crippen LogP contribution in [-0.2, 0) is 0 Å². The van der Waals surface area contributed by atoms with Gasteiger partial charge in [0.05, 0.1) is 5.52 Å². The number of amides is 1. The number of pyridine rings is 1. The topological polar surface area (TPSA) is 33.2 Å². The lowest BCUT2D eigenvalue weighted by Gasteiger charge is -2.31. The molecule has 1 aliphatic heterocycles. The molecule has 0 saturated carbocycles. The number of aryl methyl sites for hydroxylation is 2. The fraction of sp³-hybridized carbons (Fsp3) is 0.333. The summed E-state index contributed by atoms with van der Waals surface area (Å²) in [4.78, 5) is 18.5. The molecule has 0 radical (unpaired) electrons. The normalized spacial score (nSPS) is 14.7. The number of benzene rings is 1. The fourth-order valence-corrected chi connectivity index (χ4v) is 2.40. The van der Waals surface area contributed by atoms with Crippen molar-refractivity contribution >= 4 is 16.8 Å². The predicted molar refractivity (Wildman–Crippen MR) is 71.7 cm³/mol. The van der Waals surface area contributed by atoms with Crippen LogP contribution in [0.4, 0.5) is 0 Å². The molecular weight excluding hydrogens is 224 g/mol. The number of hydrogen-bond acceptors (Lipinski definition) is 2. The largest absolute Gasteiger partial charge is 0.339 e. The maximum atomic E-state index is 12.2. The molecular formula is C15H16N2O. The molecule has 2 heterocycles. The van der Waals surface area contributed by atoms with Crippen LogP contribution in [-0.4, -0.2) is 28.9 Å². The van der Waals surface area contributed by atoms with Crippen molar-refractivity contribution < 1.29 is 4.79 Å². The van der Waals surface area contributed by atoms with E-state index in [1.54, 1.807) is 0 Å². The number of carbonyl (C=O) groups is 1. The molecule has 1 aliphatic rings. The van der Waals surface area contributed by atoms with Crippen molar-refractivity contribution in [3.8, 4) is 0 Å². The summed E-state index contributed by atoms with van der Waals surface area (Å²) in [6, 6.07) is 7.86. The van der Waals surface area contributed by atoms with Crippen LogP contribution in [0, 0.1) is 13.8 Å². The number of aromatic nitrogens is 1. The number of rotatable bonds is 1. The predicted octanol–water partition coefficient (Wildman–Crippen LogP) is 2.70. The molecule has 0 spiro atoms. The molecule has 0 N–H and O–H groups in total. The average Bonchev–Trinajstić information content (AvgIpc) is 2.26. The molecule has 1 aromatic carbocycles. The van der Waals surface area contributed by atoms with Crippen LogP contribution in [0.5, 0.6) is 0 Å². The monoisotopic (exact) mass is 240 g/mol. The first-order chi connectivity index (χ1) is 8.65. The molecule has 92 valence electrons. The zero-order valence-electron chi connectivity index (χ0n) is 10.7. The smallest absolute Gasteiger partial charge is 0.253 e. The lowest BCUT2D eigenvalue weighted by atomic mass is 10.0. The Morgan fingerprint density at radius 3 is 2.67 bits per heavy atom. The van der Waals surface area contributed by atoms with E-state index in [9.17, 15) is 4.79 Å². The number of fused-ring (bicyclic) bond motifs is 1. The SMILES string of the molecule is Cc1cc(C)c2cc(C(=O)N3CCC3)ccc2n1. The summed E-state index contributed by atoms with van der Waals surface area (Å²) in [6.07, 6.45) is 1.12. The molecule has 0 bridgehead atoms. The van der Waals surface area contributed by atoms with Crippen LogP contribution in [0.3, 0.4) is 0 Å². The minimum atomic E-state index is 0.142. The van der Waals surface area contributed by atoms with Gasteiger partial charge in [0.15, 0.2) is 0 Å². The van der Waals surface area contributed by atoms with Gasteiger partial charge in [-0.3, -0.25) is 9.78 Å². The van der Waals surface area contributed by atoms with Crippen molar-refractivity contribution in [1.29, 1.82) is 0 Å². The van der Waals surface area contributed by atoms with Crippen molar-refractivity contribution in [2.24, 2.45) is 0 Å². The van der Waals surface area contributed by atoms with E-state index in [0.29, 0.717) is 0 Å². The Labute approximate surface area is 106 Å². The Hall–Kier alpha value is -1.90. The van der Waals surface area contributed by atoms with Crippen molar-refractivity contribution in [2.45, 2.75) is 20.3 Å². The molecule has 3 nitrogen and oxygen atoms in total. The summed E-state index contributed by atoms with van der Waals surface area (Å²) in [5.74, 6) is 0.142. The summed E-state index contributed by atoms with van der Waals surface area (Å²) in [7, 11) is 0. The van der Waals surface area contributed by atoms with Crippen molar-refractivity contribution in [3.05, 3.63) is 41.1 Å². The fourth-order valence-electron chi connectivity index (χ4n) is 2.40. The third-order valence-electron chi connectivity index (χ3n) is 3.53. The molecule has 2 aromatic rings. The summed E-state index contributed by atoms with van der Waals surface area (Å²) < 4.78 is 0. The number of hydrogen-bond donors (Lipinski definition) is 0. The highest BCUT2D eigenvalue weighted by Crippen LogP contribution is 2.21. The maximum Gasteiger partial charge on any atom is 0.253 e. The van der Waals surface area contributed by atoms with E-state index in [-0.39, 0.29) is 5.91 Å². The highest BCUT2D eigenvalue weighted by atomic mass is 16.2.